The Hall–Kier alpha value is -3.22. The molecule has 7 heteroatoms. The van der Waals surface area contributed by atoms with Gasteiger partial charge in [-0.3, -0.25) is 14.9 Å². The third-order valence-corrected chi connectivity index (χ3v) is 3.50. The summed E-state index contributed by atoms with van der Waals surface area (Å²) in [6.45, 7) is 2.54. The first-order valence-electron chi connectivity index (χ1n) is 7.51. The van der Waals surface area contributed by atoms with Crippen molar-refractivity contribution in [2.45, 2.75) is 13.3 Å². The van der Waals surface area contributed by atoms with Crippen LogP contribution >= 0.6 is 0 Å². The standard InChI is InChI=1S/C17H15N3O4/c1-2-9-24-15-6-4-3-5-13(15)16-18-14-10-11(20(22)23)7-8-12(14)17(21)19-16/h3-8,10H,2,9H2,1H3,(H,18,19,21). The molecule has 1 N–H and O–H groups in total. The van der Waals surface area contributed by atoms with Crippen LogP contribution in [0.5, 0.6) is 5.75 Å². The third-order valence-electron chi connectivity index (χ3n) is 3.50. The SMILES string of the molecule is CCCOc1ccccc1-c1nc2cc([N+](=O)[O-])ccc2c(=O)[nH]1. The summed E-state index contributed by atoms with van der Waals surface area (Å²) in [4.78, 5) is 29.8. The molecule has 7 nitrogen and oxygen atoms in total. The van der Waals surface area contributed by atoms with Gasteiger partial charge in [0.1, 0.15) is 11.6 Å². The van der Waals surface area contributed by atoms with E-state index in [0.29, 0.717) is 29.1 Å². The maximum absolute atomic E-state index is 12.3. The molecule has 0 saturated heterocycles. The van der Waals surface area contributed by atoms with E-state index >= 15 is 0 Å². The number of nitro groups is 1. The first-order chi connectivity index (χ1) is 11.6. The molecule has 0 fully saturated rings. The van der Waals surface area contributed by atoms with Gasteiger partial charge in [-0.15, -0.1) is 0 Å². The van der Waals surface area contributed by atoms with Gasteiger partial charge in [0.2, 0.25) is 0 Å². The van der Waals surface area contributed by atoms with E-state index < -0.39 is 4.92 Å². The van der Waals surface area contributed by atoms with Gasteiger partial charge >= 0.3 is 0 Å². The first-order valence-corrected chi connectivity index (χ1v) is 7.51. The molecule has 0 aliphatic heterocycles. The summed E-state index contributed by atoms with van der Waals surface area (Å²) in [5.41, 5.74) is 0.446. The highest BCUT2D eigenvalue weighted by atomic mass is 16.6. The van der Waals surface area contributed by atoms with E-state index in [1.54, 1.807) is 12.1 Å². The van der Waals surface area contributed by atoms with Gasteiger partial charge in [-0.2, -0.15) is 0 Å². The molecule has 0 radical (unpaired) electrons. The molecular weight excluding hydrogens is 310 g/mol. The van der Waals surface area contributed by atoms with Crippen LogP contribution < -0.4 is 10.3 Å². The van der Waals surface area contributed by atoms with Crippen molar-refractivity contribution in [2.75, 3.05) is 6.61 Å². The average molecular weight is 325 g/mol. The van der Waals surface area contributed by atoms with Crippen LogP contribution in [0.4, 0.5) is 5.69 Å². The van der Waals surface area contributed by atoms with Crippen LogP contribution in [0.3, 0.4) is 0 Å². The van der Waals surface area contributed by atoms with Gasteiger partial charge in [-0.05, 0) is 24.6 Å². The Kier molecular flexibility index (Phi) is 4.24. The molecule has 0 saturated carbocycles. The van der Waals surface area contributed by atoms with E-state index in [9.17, 15) is 14.9 Å². The van der Waals surface area contributed by atoms with Gasteiger partial charge in [0.25, 0.3) is 11.2 Å². The smallest absolute Gasteiger partial charge is 0.271 e. The Labute approximate surface area is 137 Å². The van der Waals surface area contributed by atoms with Crippen molar-refractivity contribution >= 4 is 16.6 Å². The number of nitrogens with zero attached hydrogens (tertiary/aromatic N) is 2. The minimum atomic E-state index is -0.514. The largest absolute Gasteiger partial charge is 0.493 e. The summed E-state index contributed by atoms with van der Waals surface area (Å²) in [6, 6.07) is 11.2. The summed E-state index contributed by atoms with van der Waals surface area (Å²) < 4.78 is 5.68. The lowest BCUT2D eigenvalue weighted by Crippen LogP contribution is -2.10. The quantitative estimate of drug-likeness (QED) is 0.573. The number of benzene rings is 2. The Morgan fingerprint density at radius 3 is 2.79 bits per heavy atom. The lowest BCUT2D eigenvalue weighted by Gasteiger charge is -2.10. The van der Waals surface area contributed by atoms with Crippen LogP contribution in [0.1, 0.15) is 13.3 Å². The second-order valence-electron chi connectivity index (χ2n) is 5.22. The second kappa shape index (κ2) is 6.49. The number of ether oxygens (including phenoxy) is 1. The zero-order valence-electron chi connectivity index (χ0n) is 13.0. The molecule has 24 heavy (non-hydrogen) atoms. The molecule has 0 aliphatic carbocycles. The number of nitro benzene ring substituents is 1. The van der Waals surface area contributed by atoms with Crippen molar-refractivity contribution in [1.82, 2.24) is 9.97 Å². The zero-order valence-corrected chi connectivity index (χ0v) is 13.0. The summed E-state index contributed by atoms with van der Waals surface area (Å²) >= 11 is 0. The fraction of sp³-hybridized carbons (Fsp3) is 0.176. The molecule has 0 amide bonds. The Morgan fingerprint density at radius 2 is 2.04 bits per heavy atom. The van der Waals surface area contributed by atoms with Crippen molar-refractivity contribution in [1.29, 1.82) is 0 Å². The van der Waals surface area contributed by atoms with Crippen LogP contribution in [0.2, 0.25) is 0 Å². The van der Waals surface area contributed by atoms with Gasteiger partial charge in [-0.1, -0.05) is 19.1 Å². The summed E-state index contributed by atoms with van der Waals surface area (Å²) in [5.74, 6) is 0.923. The molecule has 2 aromatic carbocycles. The maximum atomic E-state index is 12.3. The Morgan fingerprint density at radius 1 is 1.25 bits per heavy atom. The number of rotatable bonds is 5. The number of hydrogen-bond acceptors (Lipinski definition) is 5. The molecule has 0 bridgehead atoms. The second-order valence-corrected chi connectivity index (χ2v) is 5.22. The normalized spacial score (nSPS) is 10.7. The van der Waals surface area contributed by atoms with Crippen molar-refractivity contribution < 1.29 is 9.66 Å². The fourth-order valence-electron chi connectivity index (χ4n) is 2.37. The number of para-hydroxylation sites is 1. The number of fused-ring (bicyclic) bond motifs is 1. The lowest BCUT2D eigenvalue weighted by molar-refractivity contribution is -0.384. The first kappa shape index (κ1) is 15.7. The predicted molar refractivity (Wildman–Crippen MR) is 90.2 cm³/mol. The van der Waals surface area contributed by atoms with Crippen molar-refractivity contribution in [3.8, 4) is 17.1 Å². The van der Waals surface area contributed by atoms with Crippen molar-refractivity contribution in [3.63, 3.8) is 0 Å². The molecule has 0 unspecified atom stereocenters. The van der Waals surface area contributed by atoms with Crippen LogP contribution in [-0.2, 0) is 0 Å². The van der Waals surface area contributed by atoms with E-state index in [1.807, 2.05) is 19.1 Å². The van der Waals surface area contributed by atoms with E-state index in [1.165, 1.54) is 18.2 Å². The Balaban J connectivity index is 2.17. The minimum Gasteiger partial charge on any atom is -0.493 e. The number of hydrogen-bond donors (Lipinski definition) is 1. The van der Waals surface area contributed by atoms with E-state index in [2.05, 4.69) is 9.97 Å². The number of non-ortho nitro benzene ring substituents is 1. The molecule has 0 aliphatic rings. The summed E-state index contributed by atoms with van der Waals surface area (Å²) in [5, 5.41) is 11.2. The molecule has 3 aromatic rings. The monoisotopic (exact) mass is 325 g/mol. The molecule has 0 spiro atoms. The maximum Gasteiger partial charge on any atom is 0.271 e. The average Bonchev–Trinajstić information content (AvgIpc) is 2.59. The third kappa shape index (κ3) is 2.96. The van der Waals surface area contributed by atoms with Crippen molar-refractivity contribution in [2.24, 2.45) is 0 Å². The van der Waals surface area contributed by atoms with Crippen LogP contribution in [0.15, 0.2) is 47.3 Å². The fourth-order valence-corrected chi connectivity index (χ4v) is 2.37. The minimum absolute atomic E-state index is 0.109. The zero-order chi connectivity index (χ0) is 17.1. The molecular formula is C17H15N3O4. The highest BCUT2D eigenvalue weighted by Gasteiger charge is 2.13. The number of H-pyrrole nitrogens is 1. The number of aromatic amines is 1. The van der Waals surface area contributed by atoms with Gasteiger partial charge in [-0.25, -0.2) is 4.98 Å². The topological polar surface area (TPSA) is 98.1 Å². The molecule has 1 aromatic heterocycles. The van der Waals surface area contributed by atoms with Gasteiger partial charge in [0.05, 0.1) is 28.0 Å². The van der Waals surface area contributed by atoms with Crippen LogP contribution in [0, 0.1) is 10.1 Å². The lowest BCUT2D eigenvalue weighted by atomic mass is 10.1. The van der Waals surface area contributed by atoms with E-state index in [-0.39, 0.29) is 16.8 Å². The molecule has 122 valence electrons. The van der Waals surface area contributed by atoms with Crippen LogP contribution in [0.25, 0.3) is 22.3 Å². The van der Waals surface area contributed by atoms with Gasteiger partial charge in [0, 0.05) is 12.1 Å². The number of nitrogens with one attached hydrogen (secondary N) is 1. The summed E-state index contributed by atoms with van der Waals surface area (Å²) in [6.07, 6.45) is 0.849. The summed E-state index contributed by atoms with van der Waals surface area (Å²) in [7, 11) is 0. The molecule has 1 heterocycles. The van der Waals surface area contributed by atoms with E-state index in [4.69, 9.17) is 4.74 Å². The van der Waals surface area contributed by atoms with Crippen LogP contribution in [-0.4, -0.2) is 21.5 Å². The highest BCUT2D eigenvalue weighted by molar-refractivity contribution is 5.82. The predicted octanol–water partition coefficient (Wildman–Crippen LogP) is 3.29. The Bertz CT molecular complexity index is 965. The van der Waals surface area contributed by atoms with Crippen molar-refractivity contribution in [3.05, 3.63) is 62.9 Å². The highest BCUT2D eigenvalue weighted by Crippen LogP contribution is 2.28. The molecule has 3 rings (SSSR count). The van der Waals surface area contributed by atoms with E-state index in [0.717, 1.165) is 6.42 Å². The number of aromatic nitrogens is 2. The molecule has 0 atom stereocenters. The van der Waals surface area contributed by atoms with Gasteiger partial charge < -0.3 is 9.72 Å². The van der Waals surface area contributed by atoms with Gasteiger partial charge in [0.15, 0.2) is 0 Å².